The summed E-state index contributed by atoms with van der Waals surface area (Å²) in [4.78, 5) is 22.3. The standard InChI is InChI=1S/C9H5NO4/c11-8-4-1-6-7(14-3-13-6)2-5(4)10-9(8)12/h1-2H,3H2,(H,10,11,12). The molecule has 14 heavy (non-hydrogen) atoms. The van der Waals surface area contributed by atoms with Gasteiger partial charge in [0, 0.05) is 6.07 Å². The minimum Gasteiger partial charge on any atom is -0.454 e. The van der Waals surface area contributed by atoms with Crippen LogP contribution < -0.4 is 14.8 Å². The molecule has 0 aromatic heterocycles. The Morgan fingerprint density at radius 3 is 2.64 bits per heavy atom. The second-order valence-corrected chi connectivity index (χ2v) is 3.03. The molecule has 0 saturated carbocycles. The fourth-order valence-electron chi connectivity index (χ4n) is 1.53. The Morgan fingerprint density at radius 2 is 1.86 bits per heavy atom. The summed E-state index contributed by atoms with van der Waals surface area (Å²) in [6.07, 6.45) is 0. The lowest BCUT2D eigenvalue weighted by molar-refractivity contribution is -0.112. The highest BCUT2D eigenvalue weighted by atomic mass is 16.7. The van der Waals surface area contributed by atoms with E-state index in [1.165, 1.54) is 6.07 Å². The van der Waals surface area contributed by atoms with E-state index in [4.69, 9.17) is 9.47 Å². The molecule has 0 fully saturated rings. The Hall–Kier alpha value is -2.04. The molecule has 0 bridgehead atoms. The van der Waals surface area contributed by atoms with E-state index in [9.17, 15) is 9.59 Å². The zero-order chi connectivity index (χ0) is 9.71. The molecule has 0 radical (unpaired) electrons. The van der Waals surface area contributed by atoms with Crippen LogP contribution in [0.2, 0.25) is 0 Å². The number of nitrogens with one attached hydrogen (secondary N) is 1. The van der Waals surface area contributed by atoms with Gasteiger partial charge in [0.05, 0.1) is 11.3 Å². The van der Waals surface area contributed by atoms with Crippen LogP contribution in [0.5, 0.6) is 11.5 Å². The van der Waals surface area contributed by atoms with E-state index in [1.54, 1.807) is 6.07 Å². The second kappa shape index (κ2) is 2.25. The topological polar surface area (TPSA) is 64.6 Å². The summed E-state index contributed by atoms with van der Waals surface area (Å²) in [7, 11) is 0. The molecule has 0 aliphatic carbocycles. The Morgan fingerprint density at radius 1 is 1.14 bits per heavy atom. The van der Waals surface area contributed by atoms with Crippen molar-refractivity contribution in [2.75, 3.05) is 12.1 Å². The van der Waals surface area contributed by atoms with Crippen molar-refractivity contribution >= 4 is 17.4 Å². The Labute approximate surface area is 78.6 Å². The normalized spacial score (nSPS) is 16.9. The van der Waals surface area contributed by atoms with Crippen molar-refractivity contribution in [3.8, 4) is 11.5 Å². The van der Waals surface area contributed by atoms with Gasteiger partial charge in [-0.3, -0.25) is 9.59 Å². The van der Waals surface area contributed by atoms with Crippen LogP contribution in [0.1, 0.15) is 10.4 Å². The molecule has 1 aromatic rings. The van der Waals surface area contributed by atoms with Crippen LogP contribution in [0.15, 0.2) is 12.1 Å². The van der Waals surface area contributed by atoms with Crippen LogP contribution in [0.3, 0.4) is 0 Å². The van der Waals surface area contributed by atoms with Gasteiger partial charge in [-0.2, -0.15) is 0 Å². The van der Waals surface area contributed by atoms with Crippen LogP contribution in [0.4, 0.5) is 5.69 Å². The van der Waals surface area contributed by atoms with Crippen molar-refractivity contribution in [2.45, 2.75) is 0 Å². The van der Waals surface area contributed by atoms with Gasteiger partial charge in [0.2, 0.25) is 6.79 Å². The summed E-state index contributed by atoms with van der Waals surface area (Å²) >= 11 is 0. The van der Waals surface area contributed by atoms with Crippen LogP contribution in [0.25, 0.3) is 0 Å². The fourth-order valence-corrected chi connectivity index (χ4v) is 1.53. The molecule has 70 valence electrons. The minimum atomic E-state index is -0.608. The third-order valence-electron chi connectivity index (χ3n) is 2.21. The predicted molar refractivity (Wildman–Crippen MR) is 45.5 cm³/mol. The second-order valence-electron chi connectivity index (χ2n) is 3.03. The van der Waals surface area contributed by atoms with Crippen LogP contribution >= 0.6 is 0 Å². The number of fused-ring (bicyclic) bond motifs is 2. The number of carbonyl (C=O) groups excluding carboxylic acids is 2. The maximum absolute atomic E-state index is 11.3. The maximum atomic E-state index is 11.3. The van der Waals surface area contributed by atoms with Crippen LogP contribution in [-0.4, -0.2) is 18.5 Å². The number of hydrogen-bond acceptors (Lipinski definition) is 4. The number of rotatable bonds is 0. The van der Waals surface area contributed by atoms with Crippen molar-refractivity contribution in [2.24, 2.45) is 0 Å². The fraction of sp³-hybridized carbons (Fsp3) is 0.111. The largest absolute Gasteiger partial charge is 0.454 e. The molecule has 3 rings (SSSR count). The average molecular weight is 191 g/mol. The van der Waals surface area contributed by atoms with E-state index in [1.807, 2.05) is 0 Å². The Bertz CT molecular complexity index is 466. The molecule has 0 unspecified atom stereocenters. The number of amides is 1. The van der Waals surface area contributed by atoms with Gasteiger partial charge >= 0.3 is 0 Å². The summed E-state index contributed by atoms with van der Waals surface area (Å²) in [6.45, 7) is 0.153. The number of ether oxygens (including phenoxy) is 2. The zero-order valence-corrected chi connectivity index (χ0v) is 6.99. The molecule has 2 heterocycles. The van der Waals surface area contributed by atoms with Gasteiger partial charge in [0.1, 0.15) is 0 Å². The molecule has 0 spiro atoms. The molecule has 1 amide bonds. The summed E-state index contributed by atoms with van der Waals surface area (Å²) in [6, 6.07) is 3.12. The smallest absolute Gasteiger partial charge is 0.296 e. The van der Waals surface area contributed by atoms with Gasteiger partial charge in [-0.15, -0.1) is 0 Å². The van der Waals surface area contributed by atoms with Crippen molar-refractivity contribution in [1.29, 1.82) is 0 Å². The molecule has 0 saturated heterocycles. The van der Waals surface area contributed by atoms with Crippen LogP contribution in [0, 0.1) is 0 Å². The first-order chi connectivity index (χ1) is 6.75. The molecular formula is C9H5NO4. The molecule has 2 aliphatic heterocycles. The van der Waals surface area contributed by atoms with Gasteiger partial charge < -0.3 is 14.8 Å². The third-order valence-corrected chi connectivity index (χ3v) is 2.21. The van der Waals surface area contributed by atoms with Crippen molar-refractivity contribution in [3.63, 3.8) is 0 Å². The van der Waals surface area contributed by atoms with Crippen molar-refractivity contribution in [1.82, 2.24) is 0 Å². The monoisotopic (exact) mass is 191 g/mol. The van der Waals surface area contributed by atoms with Gasteiger partial charge in [0.25, 0.3) is 11.7 Å². The van der Waals surface area contributed by atoms with E-state index < -0.39 is 11.7 Å². The lowest BCUT2D eigenvalue weighted by Crippen LogP contribution is -2.12. The SMILES string of the molecule is O=C1Nc2cc3c(cc2C1=O)OCO3. The predicted octanol–water partition coefficient (Wildman–Crippen LogP) is 0.550. The van der Waals surface area contributed by atoms with E-state index in [2.05, 4.69) is 5.32 Å². The number of anilines is 1. The lowest BCUT2D eigenvalue weighted by Gasteiger charge is -1.98. The molecule has 5 heteroatoms. The van der Waals surface area contributed by atoms with Gasteiger partial charge in [-0.25, -0.2) is 0 Å². The minimum absolute atomic E-state index is 0.153. The van der Waals surface area contributed by atoms with Crippen LogP contribution in [-0.2, 0) is 4.79 Å². The highest BCUT2D eigenvalue weighted by Crippen LogP contribution is 2.38. The number of benzene rings is 1. The summed E-state index contributed by atoms with van der Waals surface area (Å²) in [5.74, 6) is -0.0747. The molecule has 1 aromatic carbocycles. The summed E-state index contributed by atoms with van der Waals surface area (Å²) < 4.78 is 10.2. The number of carbonyl (C=O) groups is 2. The van der Waals surface area contributed by atoms with E-state index in [-0.39, 0.29) is 6.79 Å². The van der Waals surface area contributed by atoms with Gasteiger partial charge in [-0.05, 0) is 6.07 Å². The molecule has 5 nitrogen and oxygen atoms in total. The number of Topliss-reactive ketones (excluding diaryl/α,β-unsaturated/α-hetero) is 1. The highest BCUT2D eigenvalue weighted by Gasteiger charge is 2.31. The quantitative estimate of drug-likeness (QED) is 0.608. The van der Waals surface area contributed by atoms with Gasteiger partial charge in [-0.1, -0.05) is 0 Å². The highest BCUT2D eigenvalue weighted by molar-refractivity contribution is 6.51. The van der Waals surface area contributed by atoms with Crippen molar-refractivity contribution in [3.05, 3.63) is 17.7 Å². The first kappa shape index (κ1) is 7.37. The summed E-state index contributed by atoms with van der Waals surface area (Å²) in [5.41, 5.74) is 0.837. The first-order valence-electron chi connectivity index (χ1n) is 4.05. The molecular weight excluding hydrogens is 186 g/mol. The maximum Gasteiger partial charge on any atom is 0.296 e. The lowest BCUT2D eigenvalue weighted by atomic mass is 10.1. The average Bonchev–Trinajstić information content (AvgIpc) is 2.70. The van der Waals surface area contributed by atoms with E-state index in [0.29, 0.717) is 22.7 Å². The molecule has 0 atom stereocenters. The third kappa shape index (κ3) is 0.783. The Kier molecular flexibility index (Phi) is 1.19. The zero-order valence-electron chi connectivity index (χ0n) is 6.99. The van der Waals surface area contributed by atoms with E-state index in [0.717, 1.165) is 0 Å². The van der Waals surface area contributed by atoms with Gasteiger partial charge in [0.15, 0.2) is 11.5 Å². The number of hydrogen-bond donors (Lipinski definition) is 1. The number of ketones is 1. The first-order valence-corrected chi connectivity index (χ1v) is 4.05. The van der Waals surface area contributed by atoms with E-state index >= 15 is 0 Å². The molecule has 2 aliphatic rings. The van der Waals surface area contributed by atoms with Crippen molar-refractivity contribution < 1.29 is 19.1 Å². The summed E-state index contributed by atoms with van der Waals surface area (Å²) in [5, 5.41) is 2.45. The molecule has 1 N–H and O–H groups in total. The Balaban J connectivity index is 2.22.